The highest BCUT2D eigenvalue weighted by molar-refractivity contribution is 7.99. The van der Waals surface area contributed by atoms with E-state index in [9.17, 15) is 8.42 Å². The fourth-order valence-electron chi connectivity index (χ4n) is 1.58. The molecule has 0 saturated carbocycles. The zero-order valence-corrected chi connectivity index (χ0v) is 13.5. The molecule has 2 aromatic carbocycles. The molecule has 0 aliphatic carbocycles. The van der Waals surface area contributed by atoms with Gasteiger partial charge in [-0.15, -0.1) is 3.77 Å². The van der Waals surface area contributed by atoms with Gasteiger partial charge in [-0.05, 0) is 49.6 Å². The molecule has 0 amide bonds. The van der Waals surface area contributed by atoms with Gasteiger partial charge in [0.2, 0.25) is 0 Å². The van der Waals surface area contributed by atoms with E-state index in [4.69, 9.17) is 11.6 Å². The lowest BCUT2D eigenvalue weighted by atomic mass is 10.2. The van der Waals surface area contributed by atoms with Gasteiger partial charge in [-0.25, -0.2) is 0 Å². The van der Waals surface area contributed by atoms with E-state index in [1.54, 1.807) is 54.8 Å². The minimum absolute atomic E-state index is 0.219. The largest absolute Gasteiger partial charge is 0.288 e. The van der Waals surface area contributed by atoms with Crippen molar-refractivity contribution in [1.29, 1.82) is 0 Å². The van der Waals surface area contributed by atoms with Crippen LogP contribution in [-0.2, 0) is 20.7 Å². The lowest BCUT2D eigenvalue weighted by Crippen LogP contribution is -2.00. The number of sulfonamides is 1. The van der Waals surface area contributed by atoms with Gasteiger partial charge in [-0.1, -0.05) is 40.0 Å². The monoisotopic (exact) mass is 327 g/mol. The third-order valence-corrected chi connectivity index (χ3v) is 6.44. The summed E-state index contributed by atoms with van der Waals surface area (Å²) in [5.74, 6) is 0. The minimum atomic E-state index is -3.63. The van der Waals surface area contributed by atoms with Gasteiger partial charge >= 0.3 is 0 Å². The highest BCUT2D eigenvalue weighted by Gasteiger charge is 2.13. The van der Waals surface area contributed by atoms with Gasteiger partial charge in [-0.2, -0.15) is 8.42 Å². The molecule has 0 aliphatic rings. The summed E-state index contributed by atoms with van der Waals surface area (Å²) >= 11 is 5.81. The smallest absolute Gasteiger partial charge is 0.199 e. The minimum Gasteiger partial charge on any atom is -0.199 e. The number of hydrogen-bond acceptors (Lipinski definition) is 2. The van der Waals surface area contributed by atoms with E-state index in [0.29, 0.717) is 5.02 Å². The third-order valence-electron chi connectivity index (χ3n) is 2.68. The molecule has 0 bridgehead atoms. The summed E-state index contributed by atoms with van der Waals surface area (Å²) in [6.45, 7) is 1.91. The molecule has 0 heterocycles. The van der Waals surface area contributed by atoms with Crippen molar-refractivity contribution >= 4 is 32.3 Å². The molecule has 0 unspecified atom stereocenters. The Morgan fingerprint density at radius 2 is 1.55 bits per heavy atom. The molecule has 0 radical (unpaired) electrons. The average Bonchev–Trinajstić information content (AvgIpc) is 2.39. The molecule has 1 atom stereocenters. The lowest BCUT2D eigenvalue weighted by Gasteiger charge is -2.04. The van der Waals surface area contributed by atoms with Crippen LogP contribution in [-0.4, -0.2) is 14.7 Å². The lowest BCUT2D eigenvalue weighted by molar-refractivity contribution is 0.598. The third kappa shape index (κ3) is 3.69. The van der Waals surface area contributed by atoms with E-state index in [-0.39, 0.29) is 4.90 Å². The van der Waals surface area contributed by atoms with E-state index >= 15 is 0 Å². The van der Waals surface area contributed by atoms with Gasteiger partial charge in [0.05, 0.1) is 4.90 Å². The molecule has 0 saturated heterocycles. The van der Waals surface area contributed by atoms with Crippen molar-refractivity contribution in [2.24, 2.45) is 3.77 Å². The Labute approximate surface area is 126 Å². The van der Waals surface area contributed by atoms with Crippen LogP contribution < -0.4 is 0 Å². The number of benzene rings is 2. The van der Waals surface area contributed by atoms with Crippen molar-refractivity contribution in [2.75, 3.05) is 6.26 Å². The Bertz CT molecular complexity index is 736. The van der Waals surface area contributed by atoms with E-state index in [2.05, 4.69) is 3.77 Å². The summed E-state index contributed by atoms with van der Waals surface area (Å²) < 4.78 is 28.4. The predicted octanol–water partition coefficient (Wildman–Crippen LogP) is 3.83. The molecule has 6 heteroatoms. The maximum atomic E-state index is 12.2. The number of nitrogens with zero attached hydrogens (tertiary/aromatic N) is 1. The van der Waals surface area contributed by atoms with E-state index in [1.165, 1.54) is 0 Å². The van der Waals surface area contributed by atoms with E-state index in [0.717, 1.165) is 10.5 Å². The summed E-state index contributed by atoms with van der Waals surface area (Å²) in [4.78, 5) is 1.06. The molecule has 0 aromatic heterocycles. The SMILES string of the molecule is Cc1ccc(S(=O)(=O)N=[S@@](C)c2ccc(Cl)cc2)cc1. The number of rotatable bonds is 3. The van der Waals surface area contributed by atoms with E-state index < -0.39 is 20.7 Å². The Kier molecular flexibility index (Phi) is 4.62. The van der Waals surface area contributed by atoms with Crippen molar-refractivity contribution in [3.8, 4) is 0 Å². The molecule has 106 valence electrons. The molecular formula is C14H14ClNO2S2. The first-order valence-electron chi connectivity index (χ1n) is 5.85. The predicted molar refractivity (Wildman–Crippen MR) is 83.8 cm³/mol. The van der Waals surface area contributed by atoms with Gasteiger partial charge < -0.3 is 0 Å². The fourth-order valence-corrected chi connectivity index (χ4v) is 4.58. The molecule has 2 rings (SSSR count). The topological polar surface area (TPSA) is 46.5 Å². The fraction of sp³-hybridized carbons (Fsp3) is 0.143. The number of aryl methyl sites for hydroxylation is 1. The first-order chi connectivity index (χ1) is 9.38. The van der Waals surface area contributed by atoms with Gasteiger partial charge in [0, 0.05) is 9.92 Å². The maximum Gasteiger partial charge on any atom is 0.288 e. The molecule has 2 aromatic rings. The first kappa shape index (κ1) is 15.2. The second-order valence-corrected chi connectivity index (χ2v) is 8.18. The Morgan fingerprint density at radius 3 is 2.10 bits per heavy atom. The standard InChI is InChI=1S/C14H14ClNO2S2/c1-11-3-9-14(10-4-11)20(17,18)16-19(2)13-7-5-12(15)6-8-13/h3-10H,1-2H3/t19-/m0/s1. The summed E-state index contributed by atoms with van der Waals surface area (Å²) in [5, 5.41) is 0.618. The maximum absolute atomic E-state index is 12.2. The van der Waals surface area contributed by atoms with Crippen molar-refractivity contribution in [2.45, 2.75) is 16.7 Å². The van der Waals surface area contributed by atoms with Crippen LogP contribution in [0, 0.1) is 6.92 Å². The Balaban J connectivity index is 2.37. The molecule has 0 spiro atoms. The van der Waals surface area contributed by atoms with Gasteiger partial charge in [0.25, 0.3) is 10.0 Å². The Hall–Kier alpha value is -1.17. The summed E-state index contributed by atoms with van der Waals surface area (Å²) in [5.41, 5.74) is 1.01. The second kappa shape index (κ2) is 6.08. The quantitative estimate of drug-likeness (QED) is 0.860. The molecular weight excluding hydrogens is 314 g/mol. The van der Waals surface area contributed by atoms with Crippen molar-refractivity contribution in [3.63, 3.8) is 0 Å². The summed E-state index contributed by atoms with van der Waals surface area (Å²) in [6, 6.07) is 13.7. The Morgan fingerprint density at radius 1 is 1.00 bits per heavy atom. The van der Waals surface area contributed by atoms with Gasteiger partial charge in [0.15, 0.2) is 0 Å². The van der Waals surface area contributed by atoms with Gasteiger partial charge in [-0.3, -0.25) is 0 Å². The normalized spacial score (nSPS) is 13.3. The van der Waals surface area contributed by atoms with Crippen molar-refractivity contribution < 1.29 is 8.42 Å². The zero-order valence-electron chi connectivity index (χ0n) is 11.1. The number of halogens is 1. The average molecular weight is 328 g/mol. The highest BCUT2D eigenvalue weighted by atomic mass is 35.5. The van der Waals surface area contributed by atoms with Crippen LogP contribution in [0.3, 0.4) is 0 Å². The summed E-state index contributed by atoms with van der Waals surface area (Å²) in [7, 11) is -4.37. The van der Waals surface area contributed by atoms with Crippen LogP contribution in [0.25, 0.3) is 0 Å². The summed E-state index contributed by atoms with van der Waals surface area (Å²) in [6.07, 6.45) is 1.77. The zero-order chi connectivity index (χ0) is 14.8. The molecule has 0 aliphatic heterocycles. The van der Waals surface area contributed by atoms with Crippen molar-refractivity contribution in [3.05, 3.63) is 59.1 Å². The van der Waals surface area contributed by atoms with E-state index in [1.807, 2.05) is 6.92 Å². The van der Waals surface area contributed by atoms with Crippen LogP contribution in [0.2, 0.25) is 5.02 Å². The van der Waals surface area contributed by atoms with Crippen LogP contribution in [0.4, 0.5) is 0 Å². The van der Waals surface area contributed by atoms with Crippen molar-refractivity contribution in [1.82, 2.24) is 0 Å². The van der Waals surface area contributed by atoms with Crippen LogP contribution >= 0.6 is 11.6 Å². The first-order valence-corrected chi connectivity index (χ1v) is 9.25. The second-order valence-electron chi connectivity index (χ2n) is 4.29. The molecule has 0 fully saturated rings. The molecule has 0 N–H and O–H groups in total. The van der Waals surface area contributed by atoms with Gasteiger partial charge in [0.1, 0.15) is 0 Å². The highest BCUT2D eigenvalue weighted by Crippen LogP contribution is 2.18. The van der Waals surface area contributed by atoms with Crippen LogP contribution in [0.1, 0.15) is 5.56 Å². The molecule has 20 heavy (non-hydrogen) atoms. The van der Waals surface area contributed by atoms with Crippen LogP contribution in [0.15, 0.2) is 62.1 Å². The van der Waals surface area contributed by atoms with Crippen LogP contribution in [0.5, 0.6) is 0 Å². The molecule has 3 nitrogen and oxygen atoms in total. The number of hydrogen-bond donors (Lipinski definition) is 0.